The third kappa shape index (κ3) is 3.37. The Kier molecular flexibility index (Phi) is 4.12. The molecule has 8 heteroatoms. The molecule has 5 heterocycles. The summed E-state index contributed by atoms with van der Waals surface area (Å²) in [6.07, 6.45) is 3.66. The molecule has 8 nitrogen and oxygen atoms in total. The molecule has 0 radical (unpaired) electrons. The van der Waals surface area contributed by atoms with E-state index in [2.05, 4.69) is 67.7 Å². The smallest absolute Gasteiger partial charge is 0.247 e. The summed E-state index contributed by atoms with van der Waals surface area (Å²) < 4.78 is 3.63. The van der Waals surface area contributed by atoms with E-state index in [1.165, 1.54) is 31.7 Å². The third-order valence-corrected chi connectivity index (χ3v) is 6.31. The Balaban J connectivity index is 1.19. The summed E-state index contributed by atoms with van der Waals surface area (Å²) in [5, 5.41) is 12.1. The van der Waals surface area contributed by atoms with Gasteiger partial charge in [-0.15, -0.1) is 5.10 Å². The van der Waals surface area contributed by atoms with Crippen LogP contribution in [0.4, 0.5) is 11.6 Å². The Morgan fingerprint density at radius 1 is 1.00 bits per heavy atom. The molecule has 3 aromatic heterocycles. The van der Waals surface area contributed by atoms with Gasteiger partial charge in [0.15, 0.2) is 5.65 Å². The summed E-state index contributed by atoms with van der Waals surface area (Å²) in [4.78, 5) is 9.57. The number of aryl methyl sites for hydroxylation is 1. The van der Waals surface area contributed by atoms with Gasteiger partial charge in [0.1, 0.15) is 0 Å². The number of nitrogens with zero attached hydrogens (tertiary/aromatic N) is 7. The Bertz CT molecular complexity index is 1220. The number of likely N-dealkylation sites (tertiary alicyclic amines) is 2. The van der Waals surface area contributed by atoms with Gasteiger partial charge in [-0.1, -0.05) is 30.3 Å². The van der Waals surface area contributed by atoms with Crippen LogP contribution in [-0.2, 0) is 13.6 Å². The zero-order chi connectivity index (χ0) is 21.0. The number of benzene rings is 1. The van der Waals surface area contributed by atoms with E-state index < -0.39 is 0 Å². The number of anilines is 2. The number of rotatable bonds is 5. The number of hydrogen-bond acceptors (Lipinski definition) is 6. The topological polar surface area (TPSA) is 66.5 Å². The Morgan fingerprint density at radius 3 is 2.52 bits per heavy atom. The largest absolute Gasteiger partial charge is 0.320 e. The number of fused-ring (bicyclic) bond motifs is 1. The van der Waals surface area contributed by atoms with Gasteiger partial charge in [0, 0.05) is 56.9 Å². The summed E-state index contributed by atoms with van der Waals surface area (Å²) in [5.41, 5.74) is 5.77. The molecule has 0 bridgehead atoms. The van der Waals surface area contributed by atoms with Crippen molar-refractivity contribution in [1.29, 1.82) is 0 Å². The van der Waals surface area contributed by atoms with Crippen molar-refractivity contribution in [3.05, 3.63) is 60.4 Å². The molecule has 6 rings (SSSR count). The molecule has 2 aliphatic rings. The summed E-state index contributed by atoms with van der Waals surface area (Å²) in [7, 11) is 4.09. The molecule has 2 saturated heterocycles. The Labute approximate surface area is 181 Å². The van der Waals surface area contributed by atoms with Crippen LogP contribution < -0.4 is 5.32 Å². The van der Waals surface area contributed by atoms with Gasteiger partial charge in [-0.3, -0.25) is 9.58 Å². The molecular weight excluding hydrogens is 388 g/mol. The van der Waals surface area contributed by atoms with Crippen LogP contribution in [0.2, 0.25) is 0 Å². The monoisotopic (exact) mass is 414 g/mol. The van der Waals surface area contributed by atoms with Gasteiger partial charge in [-0.05, 0) is 24.7 Å². The van der Waals surface area contributed by atoms with Crippen molar-refractivity contribution < 1.29 is 0 Å². The molecule has 2 fully saturated rings. The molecule has 4 aromatic rings. The SMILES string of the molecule is CN1CC2(C1)CN(Cc1ccc(-c3cccc4nc(Nc5cnn(C)c5)nn34)cc1)C2. The van der Waals surface area contributed by atoms with Gasteiger partial charge in [-0.2, -0.15) is 10.1 Å². The van der Waals surface area contributed by atoms with Crippen LogP contribution >= 0.6 is 0 Å². The molecule has 158 valence electrons. The van der Waals surface area contributed by atoms with Crippen molar-refractivity contribution in [2.24, 2.45) is 12.5 Å². The molecule has 31 heavy (non-hydrogen) atoms. The second-order valence-corrected chi connectivity index (χ2v) is 9.16. The summed E-state index contributed by atoms with van der Waals surface area (Å²) in [6.45, 7) is 5.98. The molecule has 1 spiro atoms. The summed E-state index contributed by atoms with van der Waals surface area (Å²) in [5.74, 6) is 0.561. The maximum atomic E-state index is 4.67. The maximum Gasteiger partial charge on any atom is 0.247 e. The minimum absolute atomic E-state index is 0.561. The van der Waals surface area contributed by atoms with Crippen molar-refractivity contribution in [3.63, 3.8) is 0 Å². The van der Waals surface area contributed by atoms with Gasteiger partial charge in [0.05, 0.1) is 17.6 Å². The minimum atomic E-state index is 0.561. The van der Waals surface area contributed by atoms with Gasteiger partial charge in [-0.25, -0.2) is 4.52 Å². The highest BCUT2D eigenvalue weighted by molar-refractivity contribution is 5.64. The van der Waals surface area contributed by atoms with Crippen LogP contribution in [0.3, 0.4) is 0 Å². The number of pyridine rings is 1. The van der Waals surface area contributed by atoms with Crippen LogP contribution in [0.25, 0.3) is 16.9 Å². The average molecular weight is 415 g/mol. The minimum Gasteiger partial charge on any atom is -0.320 e. The van der Waals surface area contributed by atoms with E-state index in [1.807, 2.05) is 29.9 Å². The lowest BCUT2D eigenvalue weighted by atomic mass is 9.73. The van der Waals surface area contributed by atoms with Crippen molar-refractivity contribution in [2.45, 2.75) is 6.54 Å². The van der Waals surface area contributed by atoms with Crippen molar-refractivity contribution in [1.82, 2.24) is 34.2 Å². The second-order valence-electron chi connectivity index (χ2n) is 9.16. The zero-order valence-corrected chi connectivity index (χ0v) is 17.9. The van der Waals surface area contributed by atoms with E-state index in [0.29, 0.717) is 11.4 Å². The fourth-order valence-corrected chi connectivity index (χ4v) is 5.14. The third-order valence-electron chi connectivity index (χ3n) is 6.31. The van der Waals surface area contributed by atoms with Crippen molar-refractivity contribution >= 4 is 17.3 Å². The van der Waals surface area contributed by atoms with E-state index in [9.17, 15) is 0 Å². The van der Waals surface area contributed by atoms with Gasteiger partial charge < -0.3 is 10.2 Å². The fraction of sp³-hybridized carbons (Fsp3) is 0.348. The van der Waals surface area contributed by atoms with Gasteiger partial charge in [0.2, 0.25) is 5.95 Å². The first kappa shape index (κ1) is 18.5. The van der Waals surface area contributed by atoms with E-state index in [0.717, 1.165) is 29.1 Å². The summed E-state index contributed by atoms with van der Waals surface area (Å²) >= 11 is 0. The lowest BCUT2D eigenvalue weighted by Gasteiger charge is -2.59. The lowest BCUT2D eigenvalue weighted by molar-refractivity contribution is -0.107. The molecule has 0 aliphatic carbocycles. The van der Waals surface area contributed by atoms with E-state index in [4.69, 9.17) is 0 Å². The first-order valence-electron chi connectivity index (χ1n) is 10.7. The quantitative estimate of drug-likeness (QED) is 0.542. The molecule has 0 atom stereocenters. The van der Waals surface area contributed by atoms with Crippen LogP contribution in [-0.4, -0.2) is 67.4 Å². The highest BCUT2D eigenvalue weighted by Crippen LogP contribution is 2.39. The van der Waals surface area contributed by atoms with Crippen LogP contribution in [0.1, 0.15) is 5.56 Å². The van der Waals surface area contributed by atoms with E-state index in [-0.39, 0.29) is 0 Å². The van der Waals surface area contributed by atoms with Gasteiger partial charge >= 0.3 is 0 Å². The van der Waals surface area contributed by atoms with Crippen molar-refractivity contribution in [2.75, 3.05) is 38.5 Å². The molecular formula is C23H26N8. The number of hydrogen-bond donors (Lipinski definition) is 1. The lowest BCUT2D eigenvalue weighted by Crippen LogP contribution is -2.70. The van der Waals surface area contributed by atoms with Crippen molar-refractivity contribution in [3.8, 4) is 11.3 Å². The highest BCUT2D eigenvalue weighted by atomic mass is 15.4. The molecule has 0 saturated carbocycles. The van der Waals surface area contributed by atoms with Crippen LogP contribution in [0, 0.1) is 5.41 Å². The van der Waals surface area contributed by atoms with E-state index >= 15 is 0 Å². The standard InChI is InChI=1S/C23H26N8/c1-28-13-23(14-28)15-30(16-23)11-17-6-8-18(9-7-17)20-4-3-5-21-26-22(27-31(20)21)25-19-10-24-29(2)12-19/h3-10,12H,11,13-16H2,1-2H3,(H,25,27). The molecule has 0 amide bonds. The molecule has 1 aromatic carbocycles. The van der Waals surface area contributed by atoms with Gasteiger partial charge in [0.25, 0.3) is 0 Å². The Morgan fingerprint density at radius 2 is 1.81 bits per heavy atom. The van der Waals surface area contributed by atoms with Crippen LogP contribution in [0.15, 0.2) is 54.9 Å². The first-order valence-corrected chi connectivity index (χ1v) is 10.7. The Hall–Kier alpha value is -3.23. The fourth-order valence-electron chi connectivity index (χ4n) is 5.14. The summed E-state index contributed by atoms with van der Waals surface area (Å²) in [6, 6.07) is 14.9. The second kappa shape index (κ2) is 6.90. The highest BCUT2D eigenvalue weighted by Gasteiger charge is 2.49. The predicted octanol–water partition coefficient (Wildman–Crippen LogP) is 2.62. The predicted molar refractivity (Wildman–Crippen MR) is 120 cm³/mol. The first-order chi connectivity index (χ1) is 15.1. The zero-order valence-electron chi connectivity index (χ0n) is 17.9. The van der Waals surface area contributed by atoms with Crippen LogP contribution in [0.5, 0.6) is 0 Å². The molecule has 0 unspecified atom stereocenters. The normalized spacial score (nSPS) is 18.3. The number of aromatic nitrogens is 5. The number of nitrogens with one attached hydrogen (secondary N) is 1. The average Bonchev–Trinajstić information content (AvgIpc) is 3.31. The molecule has 2 aliphatic heterocycles. The van der Waals surface area contributed by atoms with E-state index in [1.54, 1.807) is 10.9 Å². The maximum absolute atomic E-state index is 4.67. The molecule has 1 N–H and O–H groups in total.